The van der Waals surface area contributed by atoms with E-state index in [1.54, 1.807) is 0 Å². The number of nitrogens with one attached hydrogen (secondary N) is 2. The first kappa shape index (κ1) is 21.8. The van der Waals surface area contributed by atoms with Crippen LogP contribution in [0.25, 0.3) is 0 Å². The number of ether oxygens (including phenoxy) is 1. The average Bonchev–Trinajstić information content (AvgIpc) is 2.97. The second kappa shape index (κ2) is 11.4. The van der Waals surface area contributed by atoms with Crippen molar-refractivity contribution in [2.75, 3.05) is 26.2 Å². The predicted octanol–water partition coefficient (Wildman–Crippen LogP) is 3.30. The maximum Gasteiger partial charge on any atom is 0.407 e. The highest BCUT2D eigenvalue weighted by atomic mass is 16.5. The summed E-state index contributed by atoms with van der Waals surface area (Å²) in [5, 5.41) is 5.99. The first-order valence-electron chi connectivity index (χ1n) is 10.7. The lowest BCUT2D eigenvalue weighted by molar-refractivity contribution is -0.132. The molecule has 1 heterocycles. The molecule has 2 aromatic carbocycles. The quantitative estimate of drug-likeness (QED) is 0.702. The van der Waals surface area contributed by atoms with Crippen molar-refractivity contribution in [2.24, 2.45) is 0 Å². The zero-order valence-corrected chi connectivity index (χ0v) is 17.5. The van der Waals surface area contributed by atoms with E-state index in [2.05, 4.69) is 29.7 Å². The molecule has 0 aromatic heterocycles. The molecule has 0 radical (unpaired) electrons. The van der Waals surface area contributed by atoms with Crippen molar-refractivity contribution >= 4 is 12.0 Å². The molecule has 1 saturated heterocycles. The van der Waals surface area contributed by atoms with Gasteiger partial charge in [0, 0.05) is 25.6 Å². The summed E-state index contributed by atoms with van der Waals surface area (Å²) < 4.78 is 5.25. The first-order chi connectivity index (χ1) is 14.7. The SMILES string of the molecule is CCC(CN1CCCNC(CNC(=O)OCc2ccccc2)C1=O)c1ccccc1. The second-order valence-electron chi connectivity index (χ2n) is 7.60. The van der Waals surface area contributed by atoms with Gasteiger partial charge in [0.1, 0.15) is 12.6 Å². The smallest absolute Gasteiger partial charge is 0.407 e. The normalized spacial score (nSPS) is 17.8. The van der Waals surface area contributed by atoms with Crippen molar-refractivity contribution in [3.63, 3.8) is 0 Å². The lowest BCUT2D eigenvalue weighted by Crippen LogP contribution is -2.50. The Kier molecular flexibility index (Phi) is 8.27. The van der Waals surface area contributed by atoms with Crippen LogP contribution < -0.4 is 10.6 Å². The molecule has 0 bridgehead atoms. The Balaban J connectivity index is 1.52. The molecule has 160 valence electrons. The van der Waals surface area contributed by atoms with E-state index in [1.165, 1.54) is 5.56 Å². The summed E-state index contributed by atoms with van der Waals surface area (Å²) in [6.45, 7) is 4.74. The van der Waals surface area contributed by atoms with Crippen LogP contribution in [0.3, 0.4) is 0 Å². The van der Waals surface area contributed by atoms with E-state index in [4.69, 9.17) is 4.74 Å². The van der Waals surface area contributed by atoms with Crippen molar-refractivity contribution in [1.29, 1.82) is 0 Å². The average molecular weight is 410 g/mol. The number of rotatable bonds is 8. The zero-order chi connectivity index (χ0) is 21.2. The minimum Gasteiger partial charge on any atom is -0.445 e. The Morgan fingerprint density at radius 2 is 1.87 bits per heavy atom. The third kappa shape index (κ3) is 6.32. The van der Waals surface area contributed by atoms with Crippen molar-refractivity contribution in [3.8, 4) is 0 Å². The number of benzene rings is 2. The number of nitrogens with zero attached hydrogens (tertiary/aromatic N) is 1. The Labute approximate surface area is 178 Å². The lowest BCUT2D eigenvalue weighted by Gasteiger charge is -2.28. The van der Waals surface area contributed by atoms with Crippen molar-refractivity contribution in [1.82, 2.24) is 15.5 Å². The summed E-state index contributed by atoms with van der Waals surface area (Å²) in [4.78, 5) is 27.1. The fourth-order valence-corrected chi connectivity index (χ4v) is 3.73. The molecule has 1 aliphatic heterocycles. The van der Waals surface area contributed by atoms with Gasteiger partial charge in [0.15, 0.2) is 0 Å². The minimum absolute atomic E-state index is 0.0326. The molecule has 2 N–H and O–H groups in total. The zero-order valence-electron chi connectivity index (χ0n) is 17.5. The monoisotopic (exact) mass is 409 g/mol. The maximum atomic E-state index is 13.1. The van der Waals surface area contributed by atoms with Gasteiger partial charge in [-0.3, -0.25) is 4.79 Å². The van der Waals surface area contributed by atoms with E-state index in [1.807, 2.05) is 53.4 Å². The Morgan fingerprint density at radius 1 is 1.17 bits per heavy atom. The van der Waals surface area contributed by atoms with Crippen molar-refractivity contribution in [2.45, 2.75) is 38.3 Å². The van der Waals surface area contributed by atoms with Crippen LogP contribution in [0.5, 0.6) is 0 Å². The summed E-state index contributed by atoms with van der Waals surface area (Å²) in [5.41, 5.74) is 2.18. The molecule has 0 aliphatic carbocycles. The summed E-state index contributed by atoms with van der Waals surface area (Å²) in [7, 11) is 0. The van der Waals surface area contributed by atoms with Gasteiger partial charge in [0.05, 0.1) is 0 Å². The number of carbonyl (C=O) groups excluding carboxylic acids is 2. The van der Waals surface area contributed by atoms with Gasteiger partial charge in [-0.15, -0.1) is 0 Å². The molecule has 6 heteroatoms. The van der Waals surface area contributed by atoms with Crippen LogP contribution in [0.15, 0.2) is 60.7 Å². The van der Waals surface area contributed by atoms with Gasteiger partial charge in [-0.25, -0.2) is 4.79 Å². The standard InChI is InChI=1S/C24H31N3O3/c1-2-20(21-12-7-4-8-13-21)17-27-15-9-14-25-22(23(27)28)16-26-24(29)30-18-19-10-5-3-6-11-19/h3-8,10-13,20,22,25H,2,9,14-18H2,1H3,(H,26,29). The van der Waals surface area contributed by atoms with Gasteiger partial charge in [-0.1, -0.05) is 67.6 Å². The molecule has 30 heavy (non-hydrogen) atoms. The Bertz CT molecular complexity index is 798. The third-order valence-electron chi connectivity index (χ3n) is 5.47. The highest BCUT2D eigenvalue weighted by Crippen LogP contribution is 2.21. The van der Waals surface area contributed by atoms with Gasteiger partial charge >= 0.3 is 6.09 Å². The van der Waals surface area contributed by atoms with Gasteiger partial charge in [0.2, 0.25) is 5.91 Å². The molecule has 1 aliphatic rings. The summed E-state index contributed by atoms with van der Waals surface area (Å²) in [6.07, 6.45) is 1.35. The number of alkyl carbamates (subject to hydrolysis) is 1. The Hall–Kier alpha value is -2.86. The minimum atomic E-state index is -0.514. The third-order valence-corrected chi connectivity index (χ3v) is 5.47. The molecule has 3 rings (SSSR count). The fourth-order valence-electron chi connectivity index (χ4n) is 3.73. The molecule has 1 fully saturated rings. The summed E-state index contributed by atoms with van der Waals surface area (Å²) in [5.74, 6) is 0.336. The molecule has 0 saturated carbocycles. The molecule has 2 atom stereocenters. The second-order valence-corrected chi connectivity index (χ2v) is 7.60. The highest BCUT2D eigenvalue weighted by Gasteiger charge is 2.28. The van der Waals surface area contributed by atoms with Crippen LogP contribution >= 0.6 is 0 Å². The van der Waals surface area contributed by atoms with Gasteiger partial charge in [0.25, 0.3) is 0 Å². The predicted molar refractivity (Wildman–Crippen MR) is 117 cm³/mol. The largest absolute Gasteiger partial charge is 0.445 e. The van der Waals surface area contributed by atoms with Crippen LogP contribution in [0.1, 0.15) is 36.8 Å². The molecule has 2 amide bonds. The molecule has 2 aromatic rings. The Morgan fingerprint density at radius 3 is 2.57 bits per heavy atom. The van der Waals surface area contributed by atoms with E-state index in [9.17, 15) is 9.59 Å². The molecule has 6 nitrogen and oxygen atoms in total. The van der Waals surface area contributed by atoms with E-state index in [0.717, 1.165) is 31.5 Å². The van der Waals surface area contributed by atoms with Crippen LogP contribution in [-0.2, 0) is 16.1 Å². The fraction of sp³-hybridized carbons (Fsp3) is 0.417. The number of hydrogen-bond acceptors (Lipinski definition) is 4. The van der Waals surface area contributed by atoms with E-state index in [-0.39, 0.29) is 19.1 Å². The lowest BCUT2D eigenvalue weighted by atomic mass is 9.95. The summed E-state index contributed by atoms with van der Waals surface area (Å²) >= 11 is 0. The van der Waals surface area contributed by atoms with Crippen LogP contribution in [-0.4, -0.2) is 49.1 Å². The van der Waals surface area contributed by atoms with Crippen molar-refractivity contribution < 1.29 is 14.3 Å². The van der Waals surface area contributed by atoms with Gasteiger partial charge in [-0.05, 0) is 30.5 Å². The van der Waals surface area contributed by atoms with Gasteiger partial charge in [-0.2, -0.15) is 0 Å². The van der Waals surface area contributed by atoms with Crippen LogP contribution in [0, 0.1) is 0 Å². The molecular formula is C24H31N3O3. The number of carbonyl (C=O) groups is 2. The van der Waals surface area contributed by atoms with Crippen molar-refractivity contribution in [3.05, 3.63) is 71.8 Å². The van der Waals surface area contributed by atoms with E-state index < -0.39 is 12.1 Å². The topological polar surface area (TPSA) is 70.7 Å². The first-order valence-corrected chi connectivity index (χ1v) is 10.7. The van der Waals surface area contributed by atoms with E-state index >= 15 is 0 Å². The number of hydrogen-bond donors (Lipinski definition) is 2. The molecule has 2 unspecified atom stereocenters. The van der Waals surface area contributed by atoms with E-state index in [0.29, 0.717) is 12.5 Å². The maximum absolute atomic E-state index is 13.1. The highest BCUT2D eigenvalue weighted by molar-refractivity contribution is 5.83. The number of amides is 2. The van der Waals surface area contributed by atoms with Gasteiger partial charge < -0.3 is 20.3 Å². The molecule has 0 spiro atoms. The van der Waals surface area contributed by atoms with Crippen LogP contribution in [0.4, 0.5) is 4.79 Å². The van der Waals surface area contributed by atoms with Crippen LogP contribution in [0.2, 0.25) is 0 Å². The molecular weight excluding hydrogens is 378 g/mol. The summed E-state index contributed by atoms with van der Waals surface area (Å²) in [6, 6.07) is 19.4.